The summed E-state index contributed by atoms with van der Waals surface area (Å²) in [6.07, 6.45) is -11.9. The topological polar surface area (TPSA) is 181 Å². The summed E-state index contributed by atoms with van der Waals surface area (Å²) >= 11 is 0. The van der Waals surface area contributed by atoms with Crippen LogP contribution in [0.15, 0.2) is 0 Å². The first-order valence-corrected chi connectivity index (χ1v) is 25.9. The fourth-order valence-electron chi connectivity index (χ4n) is 5.08. The molecule has 0 aliphatic carbocycles. The minimum Gasteiger partial charge on any atom is -0.463 e. The van der Waals surface area contributed by atoms with E-state index >= 15 is 0 Å². The number of carbonyl (C=O) groups excluding carboxylic acids is 4. The molecular weight excluding hydrogens is 673 g/mol. The molecule has 2 fully saturated rings. The van der Waals surface area contributed by atoms with Gasteiger partial charge in [-0.3, -0.25) is 19.2 Å². The van der Waals surface area contributed by atoms with Crippen molar-refractivity contribution in [2.45, 2.75) is 148 Å². The van der Waals surface area contributed by atoms with Gasteiger partial charge in [-0.1, -0.05) is 0 Å². The van der Waals surface area contributed by atoms with Gasteiger partial charge in [0.2, 0.25) is 6.29 Å². The van der Waals surface area contributed by atoms with Gasteiger partial charge in [0.05, 0.1) is 0 Å². The Labute approximate surface area is 280 Å². The lowest BCUT2D eigenvalue weighted by atomic mass is 9.96. The fraction of sp³-hybridized carbons (Fsp3) is 0.862. The highest BCUT2D eigenvalue weighted by atomic mass is 28.4. The van der Waals surface area contributed by atoms with Crippen molar-refractivity contribution in [3.8, 4) is 0 Å². The molecule has 1 N–H and O–H groups in total. The van der Waals surface area contributed by atoms with E-state index in [4.69, 9.17) is 46.4 Å². The minimum absolute atomic E-state index is 0.194. The molecule has 0 aromatic carbocycles. The molecule has 0 aromatic rings. The molecule has 0 bridgehead atoms. The van der Waals surface area contributed by atoms with E-state index in [-0.39, 0.29) is 6.61 Å². The first kappa shape index (κ1) is 41.4. The van der Waals surface area contributed by atoms with Crippen LogP contribution in [-0.4, -0.2) is 129 Å². The Kier molecular flexibility index (Phi) is 14.8. The predicted molar refractivity (Wildman–Crippen MR) is 173 cm³/mol. The van der Waals surface area contributed by atoms with Gasteiger partial charge in [0.15, 0.2) is 37.3 Å². The van der Waals surface area contributed by atoms with Crippen LogP contribution in [0, 0.1) is 0 Å². The number of hydrogen-bond donors (Lipinski definition) is 1. The highest BCUT2D eigenvalue weighted by molar-refractivity contribution is 6.70. The molecule has 47 heavy (non-hydrogen) atoms. The molecule has 10 atom stereocenters. The molecule has 2 saturated heterocycles. The van der Waals surface area contributed by atoms with Crippen LogP contribution < -0.4 is 0 Å². The smallest absolute Gasteiger partial charge is 0.305 e. The summed E-state index contributed by atoms with van der Waals surface area (Å²) < 4.78 is 60.2. The lowest BCUT2D eigenvalue weighted by Gasteiger charge is -2.52. The van der Waals surface area contributed by atoms with Crippen molar-refractivity contribution < 1.29 is 70.7 Å². The van der Waals surface area contributed by atoms with Crippen LogP contribution in [0.4, 0.5) is 0 Å². The van der Waals surface area contributed by atoms with E-state index < -0.39 is 117 Å². The maximum absolute atomic E-state index is 12.0. The molecule has 2 aliphatic heterocycles. The zero-order valence-electron chi connectivity index (χ0n) is 29.9. The van der Waals surface area contributed by atoms with E-state index in [1.54, 1.807) is 0 Å². The lowest BCUT2D eigenvalue weighted by Crippen LogP contribution is -2.68. The van der Waals surface area contributed by atoms with Gasteiger partial charge in [-0.05, 0) is 58.9 Å². The van der Waals surface area contributed by atoms with Gasteiger partial charge >= 0.3 is 23.9 Å². The van der Waals surface area contributed by atoms with Crippen molar-refractivity contribution in [3.05, 3.63) is 0 Å². The zero-order valence-corrected chi connectivity index (χ0v) is 32.9. The molecule has 2 rings (SSSR count). The average molecular weight is 727 g/mol. The second kappa shape index (κ2) is 16.8. The predicted octanol–water partition coefficient (Wildman–Crippen LogP) is 2.46. The van der Waals surface area contributed by atoms with Crippen molar-refractivity contribution in [3.63, 3.8) is 0 Å². The first-order valence-electron chi connectivity index (χ1n) is 15.7. The van der Waals surface area contributed by atoms with Gasteiger partial charge in [0.1, 0.15) is 55.9 Å². The van der Waals surface area contributed by atoms with Gasteiger partial charge in [-0.25, -0.2) is 0 Å². The number of rotatable bonds is 14. The maximum atomic E-state index is 12.0. The van der Waals surface area contributed by atoms with Gasteiger partial charge in [0, 0.05) is 27.7 Å². The Morgan fingerprint density at radius 3 is 1.36 bits per heavy atom. The van der Waals surface area contributed by atoms with E-state index in [9.17, 15) is 24.3 Å². The number of carbonyl (C=O) groups is 4. The average Bonchev–Trinajstić information content (AvgIpc) is 2.86. The number of esters is 4. The third kappa shape index (κ3) is 13.9. The lowest BCUT2D eigenvalue weighted by molar-refractivity contribution is -0.352. The Hall–Kier alpha value is -1.75. The van der Waals surface area contributed by atoms with Crippen LogP contribution in [0.5, 0.6) is 0 Å². The Morgan fingerprint density at radius 1 is 0.532 bits per heavy atom. The highest BCUT2D eigenvalue weighted by Gasteiger charge is 2.56. The van der Waals surface area contributed by atoms with Crippen molar-refractivity contribution in [2.24, 2.45) is 0 Å². The maximum Gasteiger partial charge on any atom is 0.305 e. The Morgan fingerprint density at radius 2 is 0.936 bits per heavy atom. The highest BCUT2D eigenvalue weighted by Crippen LogP contribution is 2.37. The molecule has 272 valence electrons. The molecule has 0 aromatic heterocycles. The van der Waals surface area contributed by atoms with Crippen molar-refractivity contribution in [1.82, 2.24) is 0 Å². The van der Waals surface area contributed by atoms with E-state index in [0.717, 1.165) is 13.8 Å². The van der Waals surface area contributed by atoms with Crippen LogP contribution >= 0.6 is 0 Å². The number of ether oxygens (including phenoxy) is 7. The summed E-state index contributed by atoms with van der Waals surface area (Å²) in [5, 5.41) is 11.6. The quantitative estimate of drug-likeness (QED) is 0.157. The third-order valence-corrected chi connectivity index (χ3v) is 9.39. The first-order chi connectivity index (χ1) is 21.4. The van der Waals surface area contributed by atoms with E-state index in [1.807, 2.05) is 58.9 Å². The van der Waals surface area contributed by atoms with Crippen molar-refractivity contribution >= 4 is 48.8 Å². The van der Waals surface area contributed by atoms with Gasteiger partial charge < -0.3 is 51.5 Å². The normalized spacial score (nSPS) is 31.9. The fourth-order valence-corrected chi connectivity index (χ4v) is 8.32. The number of aliphatic hydroxyl groups is 1. The van der Waals surface area contributed by atoms with Gasteiger partial charge in [-0.15, -0.1) is 0 Å². The standard InChI is InChI=1S/C29H54O15Si3/c1-16(30)35-14-20-23(22(34)25(37-18(3)32)28(39-20)38-19(4)33)41-29-27(44-47(11,12)13)26(43-46(8,9)10)24(42-45(5,6)7)21(40-29)15-36-17(2)31/h20-29,34H,14-15H2,1-13H3/t20-,21-,22+,23-,24+,25-,26+,27-,28?,29+/m1/s1. The van der Waals surface area contributed by atoms with Crippen LogP contribution in [0.1, 0.15) is 27.7 Å². The molecular formula is C29H54O15Si3. The SMILES string of the molecule is CC(=O)OC[C@H]1O[C@@H](O[C@H]2[C@H](O)[C@@H](OC(C)=O)C(OC(C)=O)O[C@@H]2COC(C)=O)[C@H](O[Si](C)(C)C)[C@@H](O[Si](C)(C)C)[C@H]1O[Si](C)(C)C. The van der Waals surface area contributed by atoms with Crippen LogP contribution in [0.3, 0.4) is 0 Å². The summed E-state index contributed by atoms with van der Waals surface area (Å²) in [5.41, 5.74) is 0. The van der Waals surface area contributed by atoms with E-state index in [2.05, 4.69) is 0 Å². The van der Waals surface area contributed by atoms with Crippen LogP contribution in [-0.2, 0) is 65.6 Å². The molecule has 1 unspecified atom stereocenters. The van der Waals surface area contributed by atoms with Crippen LogP contribution in [0.2, 0.25) is 58.9 Å². The summed E-state index contributed by atoms with van der Waals surface area (Å²) in [4.78, 5) is 47.7. The second-order valence-electron chi connectivity index (χ2n) is 14.6. The summed E-state index contributed by atoms with van der Waals surface area (Å²) in [6.45, 7) is 22.2. The third-order valence-electron chi connectivity index (χ3n) is 6.45. The second-order valence-corrected chi connectivity index (χ2v) is 27.9. The molecule has 15 nitrogen and oxygen atoms in total. The van der Waals surface area contributed by atoms with E-state index in [1.165, 1.54) is 13.8 Å². The summed E-state index contributed by atoms with van der Waals surface area (Å²) in [5.74, 6) is -2.72. The largest absolute Gasteiger partial charge is 0.463 e. The monoisotopic (exact) mass is 726 g/mol. The molecule has 0 spiro atoms. The van der Waals surface area contributed by atoms with Crippen LogP contribution in [0.25, 0.3) is 0 Å². The molecule has 18 heteroatoms. The minimum atomic E-state index is -2.39. The zero-order chi connectivity index (χ0) is 36.1. The molecule has 0 amide bonds. The number of aliphatic hydroxyl groups excluding tert-OH is 1. The van der Waals surface area contributed by atoms with Crippen molar-refractivity contribution in [1.29, 1.82) is 0 Å². The van der Waals surface area contributed by atoms with Gasteiger partial charge in [-0.2, -0.15) is 0 Å². The molecule has 2 aliphatic rings. The summed E-state index contributed by atoms with van der Waals surface area (Å²) in [7, 11) is -6.99. The van der Waals surface area contributed by atoms with E-state index in [0.29, 0.717) is 0 Å². The molecule has 0 saturated carbocycles. The van der Waals surface area contributed by atoms with Crippen molar-refractivity contribution in [2.75, 3.05) is 13.2 Å². The summed E-state index contributed by atoms with van der Waals surface area (Å²) in [6, 6.07) is 0. The Balaban J connectivity index is 2.69. The molecule has 0 radical (unpaired) electrons. The van der Waals surface area contributed by atoms with Gasteiger partial charge in [0.25, 0.3) is 0 Å². The Bertz CT molecular complexity index is 1080. The number of hydrogen-bond acceptors (Lipinski definition) is 15. The molecule has 2 heterocycles.